The van der Waals surface area contributed by atoms with E-state index in [0.29, 0.717) is 0 Å². The highest BCUT2D eigenvalue weighted by Gasteiger charge is 2.07. The molecule has 0 bridgehead atoms. The number of hydrogen-bond donors (Lipinski definition) is 0. The molecule has 0 atom stereocenters. The van der Waals surface area contributed by atoms with E-state index in [9.17, 15) is 19.2 Å². The zero-order chi connectivity index (χ0) is 15.4. The molecule has 0 amide bonds. The molecule has 8 heteroatoms. The normalized spacial score (nSPS) is 9.40. The summed E-state index contributed by atoms with van der Waals surface area (Å²) in [4.78, 5) is 43.6. The summed E-state index contributed by atoms with van der Waals surface area (Å²) in [6.07, 6.45) is 3.21. The van der Waals surface area contributed by atoms with Crippen LogP contribution in [-0.2, 0) is 38.1 Å². The van der Waals surface area contributed by atoms with Crippen LogP contribution in [0.2, 0.25) is 0 Å². The molecule has 20 heavy (non-hydrogen) atoms. The third-order valence-electron chi connectivity index (χ3n) is 1.45. The maximum absolute atomic E-state index is 11.0. The number of hydrogen-bond acceptors (Lipinski definition) is 8. The molecular formula is C12H12O8. The lowest BCUT2D eigenvalue weighted by Gasteiger charge is -2.00. The first kappa shape index (κ1) is 17.1. The molecule has 0 saturated carbocycles. The Bertz CT molecular complexity index is 395. The van der Waals surface area contributed by atoms with E-state index >= 15 is 0 Å². The van der Waals surface area contributed by atoms with Gasteiger partial charge in [-0.3, -0.25) is 0 Å². The summed E-state index contributed by atoms with van der Waals surface area (Å²) in [6, 6.07) is 0. The monoisotopic (exact) mass is 284 g/mol. The van der Waals surface area contributed by atoms with Gasteiger partial charge in [0.1, 0.15) is 0 Å². The van der Waals surface area contributed by atoms with Gasteiger partial charge in [0.15, 0.2) is 13.2 Å². The fourth-order valence-corrected chi connectivity index (χ4v) is 0.746. The highest BCUT2D eigenvalue weighted by atomic mass is 16.6. The highest BCUT2D eigenvalue weighted by molar-refractivity contribution is 5.93. The second-order valence-corrected chi connectivity index (χ2v) is 2.86. The molecular weight excluding hydrogens is 272 g/mol. The molecule has 0 N–H and O–H groups in total. The molecule has 8 nitrogen and oxygen atoms in total. The van der Waals surface area contributed by atoms with E-state index in [2.05, 4.69) is 32.1 Å². The van der Waals surface area contributed by atoms with Crippen LogP contribution in [0.15, 0.2) is 37.8 Å². The molecule has 0 aliphatic rings. The number of carbonyl (C=O) groups excluding carboxylic acids is 4. The van der Waals surface area contributed by atoms with Crippen LogP contribution in [0.1, 0.15) is 0 Å². The standard InChI is InChI=1S/C12H12O8/c1-3-17-11(15)7-19-9(13)5-6-10(14)20-8-12(16)18-4-2/h3-6H,1-2,7-8H2/b6-5-. The van der Waals surface area contributed by atoms with Gasteiger partial charge in [0, 0.05) is 12.2 Å². The minimum atomic E-state index is -0.961. The molecule has 0 spiro atoms. The van der Waals surface area contributed by atoms with Gasteiger partial charge in [0.2, 0.25) is 0 Å². The minimum Gasteiger partial charge on any atom is -0.450 e. The summed E-state index contributed by atoms with van der Waals surface area (Å²) in [5.41, 5.74) is 0. The van der Waals surface area contributed by atoms with Crippen molar-refractivity contribution in [2.75, 3.05) is 13.2 Å². The van der Waals surface area contributed by atoms with Crippen molar-refractivity contribution < 1.29 is 38.1 Å². The average Bonchev–Trinajstić information content (AvgIpc) is 2.41. The van der Waals surface area contributed by atoms with Crippen molar-refractivity contribution >= 4 is 23.9 Å². The van der Waals surface area contributed by atoms with Crippen molar-refractivity contribution in [3.63, 3.8) is 0 Å². The molecule has 0 saturated heterocycles. The number of carbonyl (C=O) groups is 4. The van der Waals surface area contributed by atoms with Crippen LogP contribution >= 0.6 is 0 Å². The molecule has 0 aromatic carbocycles. The third-order valence-corrected chi connectivity index (χ3v) is 1.45. The molecule has 0 aliphatic carbocycles. The lowest BCUT2D eigenvalue weighted by molar-refractivity contribution is -0.153. The first-order valence-electron chi connectivity index (χ1n) is 5.12. The van der Waals surface area contributed by atoms with E-state index in [0.717, 1.165) is 24.7 Å². The summed E-state index contributed by atoms with van der Waals surface area (Å²) >= 11 is 0. The Balaban J connectivity index is 3.96. The summed E-state index contributed by atoms with van der Waals surface area (Å²) in [5.74, 6) is -3.57. The predicted octanol–water partition coefficient (Wildman–Crippen LogP) is 0.00240. The van der Waals surface area contributed by atoms with Gasteiger partial charge in [-0.1, -0.05) is 13.2 Å². The Morgan fingerprint density at radius 1 is 0.750 bits per heavy atom. The number of rotatable bonds is 8. The van der Waals surface area contributed by atoms with Gasteiger partial charge in [0.05, 0.1) is 12.5 Å². The Labute approximate surface area is 114 Å². The highest BCUT2D eigenvalue weighted by Crippen LogP contribution is 1.89. The van der Waals surface area contributed by atoms with Crippen LogP contribution in [0.4, 0.5) is 0 Å². The lowest BCUT2D eigenvalue weighted by atomic mass is 10.5. The topological polar surface area (TPSA) is 105 Å². The van der Waals surface area contributed by atoms with Crippen molar-refractivity contribution in [1.29, 1.82) is 0 Å². The molecule has 0 aliphatic heterocycles. The molecule has 0 radical (unpaired) electrons. The predicted molar refractivity (Wildman–Crippen MR) is 63.6 cm³/mol. The smallest absolute Gasteiger partial charge is 0.349 e. The van der Waals surface area contributed by atoms with E-state index in [4.69, 9.17) is 0 Å². The van der Waals surface area contributed by atoms with E-state index in [-0.39, 0.29) is 0 Å². The molecule has 0 fully saturated rings. The number of ether oxygens (including phenoxy) is 4. The van der Waals surface area contributed by atoms with E-state index in [1.54, 1.807) is 0 Å². The average molecular weight is 284 g/mol. The van der Waals surface area contributed by atoms with Crippen LogP contribution in [-0.4, -0.2) is 37.1 Å². The van der Waals surface area contributed by atoms with Crippen LogP contribution in [0.5, 0.6) is 0 Å². The fourth-order valence-electron chi connectivity index (χ4n) is 0.746. The molecule has 108 valence electrons. The molecule has 0 aromatic rings. The van der Waals surface area contributed by atoms with Gasteiger partial charge >= 0.3 is 23.9 Å². The second kappa shape index (κ2) is 10.1. The third kappa shape index (κ3) is 9.16. The van der Waals surface area contributed by atoms with Crippen molar-refractivity contribution in [3.8, 4) is 0 Å². The quantitative estimate of drug-likeness (QED) is 0.265. The minimum absolute atomic E-state index is 0.629. The summed E-state index contributed by atoms with van der Waals surface area (Å²) in [6.45, 7) is 5.01. The van der Waals surface area contributed by atoms with Crippen LogP contribution in [0.25, 0.3) is 0 Å². The van der Waals surface area contributed by atoms with Gasteiger partial charge in [0.25, 0.3) is 0 Å². The zero-order valence-electron chi connectivity index (χ0n) is 10.4. The summed E-state index contributed by atoms with van der Waals surface area (Å²) in [7, 11) is 0. The van der Waals surface area contributed by atoms with Crippen LogP contribution in [0, 0.1) is 0 Å². The van der Waals surface area contributed by atoms with E-state index in [1.807, 2.05) is 0 Å². The maximum Gasteiger partial charge on any atom is 0.349 e. The molecule has 0 unspecified atom stereocenters. The van der Waals surface area contributed by atoms with E-state index < -0.39 is 37.1 Å². The molecule has 0 heterocycles. The zero-order valence-corrected chi connectivity index (χ0v) is 10.4. The van der Waals surface area contributed by atoms with Crippen molar-refractivity contribution in [2.45, 2.75) is 0 Å². The van der Waals surface area contributed by atoms with Crippen molar-refractivity contribution in [1.82, 2.24) is 0 Å². The largest absolute Gasteiger partial charge is 0.450 e. The maximum atomic E-state index is 11.0. The van der Waals surface area contributed by atoms with Crippen LogP contribution < -0.4 is 0 Å². The van der Waals surface area contributed by atoms with Crippen molar-refractivity contribution in [3.05, 3.63) is 37.8 Å². The van der Waals surface area contributed by atoms with Crippen molar-refractivity contribution in [2.24, 2.45) is 0 Å². The Hall–Kier alpha value is -2.90. The molecule has 0 aromatic heterocycles. The fraction of sp³-hybridized carbons (Fsp3) is 0.167. The van der Waals surface area contributed by atoms with Gasteiger partial charge in [-0.15, -0.1) is 0 Å². The first-order chi connectivity index (χ1) is 9.49. The first-order valence-corrected chi connectivity index (χ1v) is 5.12. The lowest BCUT2D eigenvalue weighted by Crippen LogP contribution is -2.15. The Morgan fingerprint density at radius 2 is 1.10 bits per heavy atom. The van der Waals surface area contributed by atoms with Crippen LogP contribution in [0.3, 0.4) is 0 Å². The number of esters is 4. The van der Waals surface area contributed by atoms with Gasteiger partial charge in [-0.05, 0) is 0 Å². The second-order valence-electron chi connectivity index (χ2n) is 2.86. The Morgan fingerprint density at radius 3 is 1.40 bits per heavy atom. The SMILES string of the molecule is C=COC(=O)COC(=O)/C=C\C(=O)OCC(=O)OC=C. The molecule has 0 rings (SSSR count). The van der Waals surface area contributed by atoms with Gasteiger partial charge in [-0.2, -0.15) is 0 Å². The van der Waals surface area contributed by atoms with Gasteiger partial charge in [-0.25, -0.2) is 19.2 Å². The van der Waals surface area contributed by atoms with Gasteiger partial charge < -0.3 is 18.9 Å². The summed E-state index contributed by atoms with van der Waals surface area (Å²) in [5, 5.41) is 0. The summed E-state index contributed by atoms with van der Waals surface area (Å²) < 4.78 is 17.4. The van der Waals surface area contributed by atoms with E-state index in [1.165, 1.54) is 0 Å². The Kier molecular flexibility index (Phi) is 8.60.